The van der Waals surface area contributed by atoms with E-state index in [2.05, 4.69) is 5.10 Å². The molecule has 8 heteroatoms. The molecule has 30 heavy (non-hydrogen) atoms. The Morgan fingerprint density at radius 2 is 1.77 bits per heavy atom. The van der Waals surface area contributed by atoms with Crippen LogP contribution in [0.25, 0.3) is 0 Å². The number of amides is 2. The molecule has 3 aliphatic rings. The second-order valence-corrected chi connectivity index (χ2v) is 8.68. The third-order valence-electron chi connectivity index (χ3n) is 5.93. The molecule has 2 amide bonds. The highest BCUT2D eigenvalue weighted by Gasteiger charge is 2.65. The summed E-state index contributed by atoms with van der Waals surface area (Å²) in [7, 11) is 2.98. The molecule has 3 heterocycles. The zero-order valence-electron chi connectivity index (χ0n) is 17.7. The average molecular weight is 411 g/mol. The lowest BCUT2D eigenvalue weighted by Crippen LogP contribution is -2.49. The van der Waals surface area contributed by atoms with E-state index < -0.39 is 35.2 Å². The van der Waals surface area contributed by atoms with Crippen LogP contribution in [0.4, 0.5) is 5.69 Å². The number of allylic oxidation sites excluding steroid dienone is 1. The van der Waals surface area contributed by atoms with E-state index in [0.717, 1.165) is 4.90 Å². The summed E-state index contributed by atoms with van der Waals surface area (Å²) in [5.41, 5.74) is -0.372. The van der Waals surface area contributed by atoms with Gasteiger partial charge in [-0.2, -0.15) is 5.10 Å². The Morgan fingerprint density at radius 3 is 2.40 bits per heavy atom. The number of anilines is 1. The summed E-state index contributed by atoms with van der Waals surface area (Å²) in [5.74, 6) is -1.54. The smallest absolute Gasteiger partial charge is 0.240 e. The third kappa shape index (κ3) is 2.81. The predicted octanol–water partition coefficient (Wildman–Crippen LogP) is 2.03. The van der Waals surface area contributed by atoms with Crippen molar-refractivity contribution in [2.45, 2.75) is 32.9 Å². The van der Waals surface area contributed by atoms with Gasteiger partial charge in [0.1, 0.15) is 17.5 Å². The fraction of sp³-hybridized carbons (Fsp3) is 0.455. The van der Waals surface area contributed by atoms with Crippen LogP contribution >= 0.6 is 0 Å². The summed E-state index contributed by atoms with van der Waals surface area (Å²) in [5, 5.41) is 5.97. The molecular weight excluding hydrogens is 386 g/mol. The maximum absolute atomic E-state index is 13.6. The van der Waals surface area contributed by atoms with Gasteiger partial charge < -0.3 is 9.47 Å². The number of rotatable bonds is 4. The minimum Gasteiger partial charge on any atom is -0.497 e. The molecule has 0 N–H and O–H groups in total. The molecule has 8 nitrogen and oxygen atoms in total. The van der Waals surface area contributed by atoms with Crippen molar-refractivity contribution in [1.82, 2.24) is 5.01 Å². The molecule has 0 radical (unpaired) electrons. The number of imide groups is 1. The van der Waals surface area contributed by atoms with Crippen molar-refractivity contribution in [2.24, 2.45) is 22.4 Å². The zero-order chi connectivity index (χ0) is 21.8. The maximum Gasteiger partial charge on any atom is 0.240 e. The van der Waals surface area contributed by atoms with Crippen LogP contribution in [0, 0.1) is 17.3 Å². The van der Waals surface area contributed by atoms with Crippen molar-refractivity contribution in [2.75, 3.05) is 19.1 Å². The lowest BCUT2D eigenvalue weighted by atomic mass is 9.80. The van der Waals surface area contributed by atoms with E-state index >= 15 is 0 Å². The van der Waals surface area contributed by atoms with Crippen LogP contribution in [0.5, 0.6) is 11.5 Å². The summed E-state index contributed by atoms with van der Waals surface area (Å²) in [4.78, 5) is 41.6. The van der Waals surface area contributed by atoms with Crippen molar-refractivity contribution >= 4 is 29.5 Å². The van der Waals surface area contributed by atoms with Crippen LogP contribution in [0.1, 0.15) is 20.8 Å². The molecule has 0 bridgehead atoms. The van der Waals surface area contributed by atoms with Crippen molar-refractivity contribution in [3.05, 3.63) is 30.4 Å². The van der Waals surface area contributed by atoms with Crippen LogP contribution in [-0.4, -0.2) is 55.1 Å². The molecular formula is C22H25N3O5. The number of hydrogen-bond acceptors (Lipinski definition) is 7. The van der Waals surface area contributed by atoms with E-state index in [-0.39, 0.29) is 11.7 Å². The highest BCUT2D eigenvalue weighted by molar-refractivity contribution is 6.24. The molecule has 0 saturated carbocycles. The first-order chi connectivity index (χ1) is 14.2. The average Bonchev–Trinajstić information content (AvgIpc) is 3.19. The van der Waals surface area contributed by atoms with Gasteiger partial charge in [-0.05, 0) is 18.2 Å². The lowest BCUT2D eigenvalue weighted by Gasteiger charge is -2.33. The minimum atomic E-state index is -0.815. The second kappa shape index (κ2) is 6.97. The predicted molar refractivity (Wildman–Crippen MR) is 111 cm³/mol. The minimum absolute atomic E-state index is 0.118. The van der Waals surface area contributed by atoms with E-state index in [1.807, 2.05) is 26.8 Å². The Balaban J connectivity index is 1.82. The van der Waals surface area contributed by atoms with Gasteiger partial charge in [0, 0.05) is 17.7 Å². The summed E-state index contributed by atoms with van der Waals surface area (Å²) in [6.07, 6.45) is 5.16. The van der Waals surface area contributed by atoms with Crippen molar-refractivity contribution < 1.29 is 23.9 Å². The number of carbonyl (C=O) groups excluding carboxylic acids is 3. The number of methoxy groups -OCH3 is 2. The third-order valence-corrected chi connectivity index (χ3v) is 5.93. The largest absolute Gasteiger partial charge is 0.497 e. The quantitative estimate of drug-likeness (QED) is 0.705. The van der Waals surface area contributed by atoms with Gasteiger partial charge in [0.2, 0.25) is 11.8 Å². The number of fused-ring (bicyclic) bond motifs is 3. The highest BCUT2D eigenvalue weighted by atomic mass is 16.5. The molecule has 4 atom stereocenters. The zero-order valence-corrected chi connectivity index (χ0v) is 17.7. The van der Waals surface area contributed by atoms with Gasteiger partial charge in [-0.15, -0.1) is 0 Å². The Kier molecular flexibility index (Phi) is 4.67. The molecule has 0 aromatic heterocycles. The SMILES string of the molecule is COc1ccc(OC)c(N2C(=O)[C@@H]3[C@H](C2=O)[C@H]2C=CC=NN2[C@H]3C(=O)C(C)(C)C)c1. The molecule has 0 aliphatic carbocycles. The normalized spacial score (nSPS) is 27.4. The Hall–Kier alpha value is -3.16. The monoisotopic (exact) mass is 411 g/mol. The van der Waals surface area contributed by atoms with Crippen LogP contribution in [0.3, 0.4) is 0 Å². The van der Waals surface area contributed by atoms with Crippen LogP contribution in [0.2, 0.25) is 0 Å². The van der Waals surface area contributed by atoms with Crippen molar-refractivity contribution in [3.8, 4) is 11.5 Å². The molecule has 1 aromatic rings. The fourth-order valence-corrected chi connectivity index (χ4v) is 4.49. The summed E-state index contributed by atoms with van der Waals surface area (Å²) in [6, 6.07) is 3.69. The first kappa shape index (κ1) is 20.1. The van der Waals surface area contributed by atoms with Crippen LogP contribution in [0.15, 0.2) is 35.5 Å². The van der Waals surface area contributed by atoms with Crippen LogP contribution < -0.4 is 14.4 Å². The summed E-state index contributed by atoms with van der Waals surface area (Å²) < 4.78 is 10.7. The molecule has 2 fully saturated rings. The Morgan fingerprint density at radius 1 is 1.07 bits per heavy atom. The number of ketones is 1. The standard InChI is InChI=1S/C22H25N3O5/c1-22(2,3)19(26)18-17-16(13-7-6-10-23-25(13)18)20(27)24(21(17)28)14-11-12(29-4)8-9-15(14)30-5/h6-11,13,16-18H,1-5H3/t13-,16-,17-,18-/m1/s1. The second-order valence-electron chi connectivity index (χ2n) is 8.68. The highest BCUT2D eigenvalue weighted by Crippen LogP contribution is 2.48. The molecule has 4 rings (SSSR count). The van der Waals surface area contributed by atoms with Gasteiger partial charge in [0.15, 0.2) is 5.78 Å². The van der Waals surface area contributed by atoms with Gasteiger partial charge in [-0.3, -0.25) is 19.4 Å². The number of hydrazone groups is 1. The number of Topliss-reactive ketones (excluding diaryl/α,β-unsaturated/α-hetero) is 1. The fourth-order valence-electron chi connectivity index (χ4n) is 4.49. The first-order valence-electron chi connectivity index (χ1n) is 9.84. The number of ether oxygens (including phenoxy) is 2. The van der Waals surface area contributed by atoms with Gasteiger partial charge in [0.25, 0.3) is 0 Å². The topological polar surface area (TPSA) is 88.5 Å². The van der Waals surface area contributed by atoms with Gasteiger partial charge >= 0.3 is 0 Å². The molecule has 3 aliphatic heterocycles. The molecule has 0 unspecified atom stereocenters. The number of benzene rings is 1. The summed E-state index contributed by atoms with van der Waals surface area (Å²) in [6.45, 7) is 5.43. The maximum atomic E-state index is 13.6. The number of hydrogen-bond donors (Lipinski definition) is 0. The van der Waals surface area contributed by atoms with Crippen molar-refractivity contribution in [3.63, 3.8) is 0 Å². The van der Waals surface area contributed by atoms with Gasteiger partial charge in [0.05, 0.1) is 37.8 Å². The Bertz CT molecular complexity index is 977. The van der Waals surface area contributed by atoms with E-state index in [9.17, 15) is 14.4 Å². The number of carbonyl (C=O) groups is 3. The Labute approximate surface area is 175 Å². The van der Waals surface area contributed by atoms with Crippen LogP contribution in [-0.2, 0) is 14.4 Å². The van der Waals surface area contributed by atoms with E-state index in [1.165, 1.54) is 14.2 Å². The number of nitrogens with zero attached hydrogens (tertiary/aromatic N) is 3. The molecule has 2 saturated heterocycles. The molecule has 1 aromatic carbocycles. The summed E-state index contributed by atoms with van der Waals surface area (Å²) >= 11 is 0. The van der Waals surface area contributed by atoms with Gasteiger partial charge in [-0.1, -0.05) is 26.8 Å². The first-order valence-corrected chi connectivity index (χ1v) is 9.84. The molecule has 0 spiro atoms. The van der Waals surface area contributed by atoms with E-state index in [1.54, 1.807) is 35.5 Å². The van der Waals surface area contributed by atoms with E-state index in [0.29, 0.717) is 17.2 Å². The lowest BCUT2D eigenvalue weighted by molar-refractivity contribution is -0.136. The van der Waals surface area contributed by atoms with Gasteiger partial charge in [-0.25, -0.2) is 4.90 Å². The van der Waals surface area contributed by atoms with E-state index in [4.69, 9.17) is 9.47 Å². The molecule has 158 valence electrons. The van der Waals surface area contributed by atoms with Crippen molar-refractivity contribution in [1.29, 1.82) is 0 Å².